The van der Waals surface area contributed by atoms with E-state index in [1.807, 2.05) is 0 Å². The molecule has 0 aromatic heterocycles. The largest absolute Gasteiger partial charge is 0.493 e. The maximum atomic E-state index is 10.4. The molecule has 1 aromatic carbocycles. The first-order valence-electron chi connectivity index (χ1n) is 7.59. The summed E-state index contributed by atoms with van der Waals surface area (Å²) in [6.45, 7) is 7.30. The molecule has 1 aromatic rings. The summed E-state index contributed by atoms with van der Waals surface area (Å²) in [5, 5.41) is 10.4. The molecule has 3 heteroatoms. The Morgan fingerprint density at radius 3 is 2.80 bits per heavy atom. The van der Waals surface area contributed by atoms with Gasteiger partial charge in [0.2, 0.25) is 0 Å². The van der Waals surface area contributed by atoms with E-state index in [0.29, 0.717) is 13.2 Å². The summed E-state index contributed by atoms with van der Waals surface area (Å²) in [6.07, 6.45) is 3.83. The number of ether oxygens (including phenoxy) is 1. The predicted molar refractivity (Wildman–Crippen MR) is 82.1 cm³/mol. The Hall–Kier alpha value is -1.06. The second kappa shape index (κ2) is 6.15. The zero-order valence-electron chi connectivity index (χ0n) is 12.9. The topological polar surface area (TPSA) is 55.5 Å². The lowest BCUT2D eigenvalue weighted by Gasteiger charge is -2.28. The number of aryl methyl sites for hydroxylation is 2. The van der Waals surface area contributed by atoms with E-state index in [0.717, 1.165) is 31.4 Å². The van der Waals surface area contributed by atoms with Crippen molar-refractivity contribution in [3.63, 3.8) is 0 Å². The fourth-order valence-corrected chi connectivity index (χ4v) is 3.27. The molecule has 2 atom stereocenters. The Balaban J connectivity index is 1.94. The quantitative estimate of drug-likeness (QED) is 0.870. The van der Waals surface area contributed by atoms with E-state index in [-0.39, 0.29) is 5.92 Å². The van der Waals surface area contributed by atoms with Crippen LogP contribution in [-0.2, 0) is 0 Å². The summed E-state index contributed by atoms with van der Waals surface area (Å²) in [6, 6.07) is 4.26. The van der Waals surface area contributed by atoms with Crippen LogP contribution in [0.3, 0.4) is 0 Å². The smallest absolute Gasteiger partial charge is 0.122 e. The summed E-state index contributed by atoms with van der Waals surface area (Å²) in [5.41, 5.74) is 8.74. The molecule has 0 aliphatic heterocycles. The summed E-state index contributed by atoms with van der Waals surface area (Å²) in [5.74, 6) is 1.25. The van der Waals surface area contributed by atoms with Crippen LogP contribution < -0.4 is 10.5 Å². The predicted octanol–water partition coefficient (Wildman–Crippen LogP) is 2.87. The Labute approximate surface area is 122 Å². The van der Waals surface area contributed by atoms with Crippen molar-refractivity contribution in [2.45, 2.75) is 52.1 Å². The number of hydrogen-bond donors (Lipinski definition) is 2. The minimum Gasteiger partial charge on any atom is -0.493 e. The van der Waals surface area contributed by atoms with Gasteiger partial charge in [-0.1, -0.05) is 12.5 Å². The fraction of sp³-hybridized carbons (Fsp3) is 0.647. The van der Waals surface area contributed by atoms with Crippen LogP contribution in [0, 0.1) is 26.7 Å². The normalized spacial score (nSPS) is 25.9. The molecule has 3 N–H and O–H groups in total. The second-order valence-corrected chi connectivity index (χ2v) is 6.24. The van der Waals surface area contributed by atoms with Crippen molar-refractivity contribution in [1.82, 2.24) is 0 Å². The molecule has 0 spiro atoms. The van der Waals surface area contributed by atoms with E-state index in [9.17, 15) is 5.11 Å². The van der Waals surface area contributed by atoms with E-state index in [4.69, 9.17) is 10.5 Å². The summed E-state index contributed by atoms with van der Waals surface area (Å²) in [4.78, 5) is 0. The number of nitrogens with two attached hydrogens (primary N) is 1. The summed E-state index contributed by atoms with van der Waals surface area (Å²) >= 11 is 0. The van der Waals surface area contributed by atoms with Crippen molar-refractivity contribution in [1.29, 1.82) is 0 Å². The lowest BCUT2D eigenvalue weighted by atomic mass is 9.88. The van der Waals surface area contributed by atoms with Crippen molar-refractivity contribution in [2.24, 2.45) is 11.7 Å². The van der Waals surface area contributed by atoms with Crippen LogP contribution >= 0.6 is 0 Å². The Bertz CT molecular complexity index is 472. The highest BCUT2D eigenvalue weighted by Gasteiger charge is 2.39. The first kappa shape index (κ1) is 15.3. The molecule has 0 heterocycles. The number of benzene rings is 1. The third-order valence-electron chi connectivity index (χ3n) is 4.76. The Morgan fingerprint density at radius 1 is 1.35 bits per heavy atom. The van der Waals surface area contributed by atoms with Crippen LogP contribution in [-0.4, -0.2) is 23.9 Å². The lowest BCUT2D eigenvalue weighted by molar-refractivity contribution is 0.00352. The van der Waals surface area contributed by atoms with Gasteiger partial charge in [0, 0.05) is 6.54 Å². The number of rotatable bonds is 5. The van der Waals surface area contributed by atoms with E-state index in [2.05, 4.69) is 32.9 Å². The molecule has 0 saturated heterocycles. The van der Waals surface area contributed by atoms with Gasteiger partial charge in [-0.05, 0) is 68.7 Å². The van der Waals surface area contributed by atoms with Crippen LogP contribution in [0.5, 0.6) is 5.75 Å². The maximum absolute atomic E-state index is 10.4. The second-order valence-electron chi connectivity index (χ2n) is 6.24. The molecule has 1 aliphatic rings. The van der Waals surface area contributed by atoms with Crippen molar-refractivity contribution in [3.8, 4) is 5.75 Å². The van der Waals surface area contributed by atoms with Crippen LogP contribution in [0.1, 0.15) is 42.4 Å². The maximum Gasteiger partial charge on any atom is 0.122 e. The number of hydrogen-bond acceptors (Lipinski definition) is 3. The van der Waals surface area contributed by atoms with E-state index in [1.165, 1.54) is 16.7 Å². The van der Waals surface area contributed by atoms with Gasteiger partial charge in [-0.15, -0.1) is 0 Å². The van der Waals surface area contributed by atoms with E-state index < -0.39 is 5.60 Å². The highest BCUT2D eigenvalue weighted by atomic mass is 16.5. The zero-order valence-corrected chi connectivity index (χ0v) is 12.9. The Morgan fingerprint density at radius 2 is 2.10 bits per heavy atom. The van der Waals surface area contributed by atoms with Crippen molar-refractivity contribution < 1.29 is 9.84 Å². The lowest BCUT2D eigenvalue weighted by Crippen LogP contribution is -2.41. The molecule has 0 bridgehead atoms. The van der Waals surface area contributed by atoms with Gasteiger partial charge in [0.1, 0.15) is 5.75 Å². The van der Waals surface area contributed by atoms with Crippen LogP contribution in [0.2, 0.25) is 0 Å². The average molecular weight is 277 g/mol. The van der Waals surface area contributed by atoms with Gasteiger partial charge in [-0.3, -0.25) is 0 Å². The van der Waals surface area contributed by atoms with Gasteiger partial charge < -0.3 is 15.6 Å². The van der Waals surface area contributed by atoms with E-state index in [1.54, 1.807) is 0 Å². The van der Waals surface area contributed by atoms with Gasteiger partial charge in [-0.2, -0.15) is 0 Å². The molecule has 0 amide bonds. The van der Waals surface area contributed by atoms with Crippen molar-refractivity contribution in [2.75, 3.05) is 13.2 Å². The molecule has 3 nitrogen and oxygen atoms in total. The monoisotopic (exact) mass is 277 g/mol. The molecule has 112 valence electrons. The molecule has 2 rings (SSSR count). The zero-order chi connectivity index (χ0) is 14.8. The molecular formula is C17H27NO2. The third kappa shape index (κ3) is 3.15. The molecule has 1 aliphatic carbocycles. The van der Waals surface area contributed by atoms with Crippen molar-refractivity contribution >= 4 is 0 Å². The number of aliphatic hydroxyl groups is 1. The SMILES string of the molecule is Cc1cc(C)c(C)c(OCCC2CCCC2(O)CN)c1. The highest BCUT2D eigenvalue weighted by molar-refractivity contribution is 5.41. The van der Waals surface area contributed by atoms with Crippen LogP contribution in [0.4, 0.5) is 0 Å². The molecule has 0 radical (unpaired) electrons. The Kier molecular flexibility index (Phi) is 4.71. The first-order chi connectivity index (χ1) is 9.46. The van der Waals surface area contributed by atoms with Crippen LogP contribution in [0.15, 0.2) is 12.1 Å². The van der Waals surface area contributed by atoms with Gasteiger partial charge in [0.25, 0.3) is 0 Å². The van der Waals surface area contributed by atoms with Gasteiger partial charge >= 0.3 is 0 Å². The summed E-state index contributed by atoms with van der Waals surface area (Å²) in [7, 11) is 0. The standard InChI is InChI=1S/C17H27NO2/c1-12-9-13(2)14(3)16(10-12)20-8-6-15-5-4-7-17(15,19)11-18/h9-10,15,19H,4-8,11,18H2,1-3H3. The first-order valence-corrected chi connectivity index (χ1v) is 7.59. The highest BCUT2D eigenvalue weighted by Crippen LogP contribution is 2.37. The third-order valence-corrected chi connectivity index (χ3v) is 4.76. The average Bonchev–Trinajstić information content (AvgIpc) is 2.77. The molecular weight excluding hydrogens is 250 g/mol. The molecule has 20 heavy (non-hydrogen) atoms. The minimum absolute atomic E-state index is 0.277. The van der Waals surface area contributed by atoms with Gasteiger partial charge in [0.05, 0.1) is 12.2 Å². The molecule has 2 unspecified atom stereocenters. The fourth-order valence-electron chi connectivity index (χ4n) is 3.27. The molecule has 1 saturated carbocycles. The van der Waals surface area contributed by atoms with Crippen LogP contribution in [0.25, 0.3) is 0 Å². The minimum atomic E-state index is -0.666. The van der Waals surface area contributed by atoms with E-state index >= 15 is 0 Å². The van der Waals surface area contributed by atoms with Gasteiger partial charge in [-0.25, -0.2) is 0 Å². The van der Waals surface area contributed by atoms with Crippen molar-refractivity contribution in [3.05, 3.63) is 28.8 Å². The van der Waals surface area contributed by atoms with Gasteiger partial charge in [0.15, 0.2) is 0 Å². The molecule has 1 fully saturated rings. The summed E-state index contributed by atoms with van der Waals surface area (Å²) < 4.78 is 5.95.